The number of ether oxygens (including phenoxy) is 2. The van der Waals surface area contributed by atoms with Crippen LogP contribution in [0, 0.1) is 12.8 Å². The largest absolute Gasteiger partial charge is 0.487 e. The first-order valence-corrected chi connectivity index (χ1v) is 7.69. The SMILES string of the molecule is Cc1cc(Cl)ccc1O[C@@H](COC(C)C)[C@H]1CCNC1. The standard InChI is InChI=1S/C16H24ClNO2/c1-11(2)19-10-16(13-6-7-18-9-13)20-15-5-4-14(17)8-12(15)3/h4-5,8,11,13,16,18H,6-7,9-10H2,1-3H3/t13-,16-/m0/s1. The van der Waals surface area contributed by atoms with Gasteiger partial charge in [0, 0.05) is 17.5 Å². The predicted octanol–water partition coefficient (Wildman–Crippen LogP) is 3.43. The molecule has 3 nitrogen and oxygen atoms in total. The Labute approximate surface area is 126 Å². The van der Waals surface area contributed by atoms with Crippen molar-refractivity contribution in [1.82, 2.24) is 5.32 Å². The molecule has 1 aromatic rings. The third-order valence-corrected chi connectivity index (χ3v) is 3.87. The van der Waals surface area contributed by atoms with E-state index in [1.807, 2.05) is 25.1 Å². The van der Waals surface area contributed by atoms with E-state index in [-0.39, 0.29) is 12.2 Å². The molecule has 1 fully saturated rings. The second-order valence-corrected chi connectivity index (χ2v) is 6.14. The zero-order valence-electron chi connectivity index (χ0n) is 12.5. The second-order valence-electron chi connectivity index (χ2n) is 5.70. The molecule has 1 saturated heterocycles. The summed E-state index contributed by atoms with van der Waals surface area (Å²) in [6.07, 6.45) is 1.45. The maximum Gasteiger partial charge on any atom is 0.126 e. The van der Waals surface area contributed by atoms with Crippen LogP contribution >= 0.6 is 11.6 Å². The van der Waals surface area contributed by atoms with Gasteiger partial charge in [-0.2, -0.15) is 0 Å². The molecule has 4 heteroatoms. The lowest BCUT2D eigenvalue weighted by Gasteiger charge is -2.26. The summed E-state index contributed by atoms with van der Waals surface area (Å²) in [6, 6.07) is 5.75. The van der Waals surface area contributed by atoms with Crippen molar-refractivity contribution in [2.45, 2.75) is 39.4 Å². The van der Waals surface area contributed by atoms with Crippen molar-refractivity contribution in [2.24, 2.45) is 5.92 Å². The van der Waals surface area contributed by atoms with Crippen LogP contribution in [0.4, 0.5) is 0 Å². The number of hydrogen-bond donors (Lipinski definition) is 1. The number of rotatable bonds is 6. The van der Waals surface area contributed by atoms with E-state index in [9.17, 15) is 0 Å². The van der Waals surface area contributed by atoms with Crippen molar-refractivity contribution in [2.75, 3.05) is 19.7 Å². The third kappa shape index (κ3) is 4.37. The molecule has 1 N–H and O–H groups in total. The Kier molecular flexibility index (Phi) is 5.70. The molecular weight excluding hydrogens is 274 g/mol. The fourth-order valence-corrected chi connectivity index (χ4v) is 2.68. The van der Waals surface area contributed by atoms with Crippen LogP contribution in [0.3, 0.4) is 0 Å². The van der Waals surface area contributed by atoms with Crippen LogP contribution in [0.25, 0.3) is 0 Å². The van der Waals surface area contributed by atoms with Gasteiger partial charge in [0.25, 0.3) is 0 Å². The monoisotopic (exact) mass is 297 g/mol. The molecule has 0 aliphatic carbocycles. The van der Waals surface area contributed by atoms with Crippen molar-refractivity contribution in [3.63, 3.8) is 0 Å². The molecule has 2 atom stereocenters. The molecule has 1 heterocycles. The minimum absolute atomic E-state index is 0.0901. The van der Waals surface area contributed by atoms with Crippen molar-refractivity contribution in [1.29, 1.82) is 0 Å². The molecule has 0 amide bonds. The van der Waals surface area contributed by atoms with Gasteiger partial charge in [-0.05, 0) is 57.5 Å². The van der Waals surface area contributed by atoms with Gasteiger partial charge in [0.15, 0.2) is 0 Å². The number of halogens is 1. The number of aryl methyl sites for hydroxylation is 1. The summed E-state index contributed by atoms with van der Waals surface area (Å²) in [4.78, 5) is 0. The van der Waals surface area contributed by atoms with E-state index in [0.717, 1.165) is 35.8 Å². The molecule has 0 aromatic heterocycles. The minimum Gasteiger partial charge on any atom is -0.487 e. The van der Waals surface area contributed by atoms with E-state index in [0.29, 0.717) is 12.5 Å². The van der Waals surface area contributed by atoms with Crippen molar-refractivity contribution >= 4 is 11.6 Å². The van der Waals surface area contributed by atoms with Crippen molar-refractivity contribution < 1.29 is 9.47 Å². The molecule has 1 aromatic carbocycles. The van der Waals surface area contributed by atoms with Gasteiger partial charge in [-0.1, -0.05) is 11.6 Å². The van der Waals surface area contributed by atoms with E-state index in [1.54, 1.807) is 0 Å². The summed E-state index contributed by atoms with van der Waals surface area (Å²) >= 11 is 5.99. The van der Waals surface area contributed by atoms with E-state index < -0.39 is 0 Å². The normalized spacial score (nSPS) is 20.4. The Morgan fingerprint density at radius 3 is 2.80 bits per heavy atom. The molecule has 2 rings (SSSR count). The van der Waals surface area contributed by atoms with Gasteiger partial charge in [0.05, 0.1) is 12.7 Å². The Morgan fingerprint density at radius 1 is 1.40 bits per heavy atom. The highest BCUT2D eigenvalue weighted by Gasteiger charge is 2.27. The van der Waals surface area contributed by atoms with E-state index in [2.05, 4.69) is 19.2 Å². The molecule has 0 saturated carbocycles. The van der Waals surface area contributed by atoms with Crippen LogP contribution < -0.4 is 10.1 Å². The average molecular weight is 298 g/mol. The Hall–Kier alpha value is -0.770. The summed E-state index contributed by atoms with van der Waals surface area (Å²) in [5.41, 5.74) is 1.07. The van der Waals surface area contributed by atoms with Gasteiger partial charge in [-0.15, -0.1) is 0 Å². The molecule has 0 bridgehead atoms. The zero-order valence-corrected chi connectivity index (χ0v) is 13.2. The molecular formula is C16H24ClNO2. The summed E-state index contributed by atoms with van der Waals surface area (Å²) in [6.45, 7) is 8.82. The molecule has 112 valence electrons. The Morgan fingerprint density at radius 2 is 2.20 bits per heavy atom. The van der Waals surface area contributed by atoms with Gasteiger partial charge in [0.1, 0.15) is 11.9 Å². The highest BCUT2D eigenvalue weighted by atomic mass is 35.5. The lowest BCUT2D eigenvalue weighted by molar-refractivity contribution is -0.00390. The highest BCUT2D eigenvalue weighted by Crippen LogP contribution is 2.26. The first kappa shape index (κ1) is 15.6. The lowest BCUT2D eigenvalue weighted by Crippen LogP contribution is -2.34. The molecule has 0 spiro atoms. The van der Waals surface area contributed by atoms with Crippen LogP contribution in [0.1, 0.15) is 25.8 Å². The van der Waals surface area contributed by atoms with Crippen LogP contribution in [0.5, 0.6) is 5.75 Å². The fourth-order valence-electron chi connectivity index (χ4n) is 2.46. The zero-order chi connectivity index (χ0) is 14.5. The summed E-state index contributed by atoms with van der Waals surface area (Å²) < 4.78 is 12.0. The van der Waals surface area contributed by atoms with Gasteiger partial charge in [-0.25, -0.2) is 0 Å². The average Bonchev–Trinajstić information content (AvgIpc) is 2.90. The quantitative estimate of drug-likeness (QED) is 0.872. The smallest absolute Gasteiger partial charge is 0.126 e. The summed E-state index contributed by atoms with van der Waals surface area (Å²) in [7, 11) is 0. The number of benzene rings is 1. The van der Waals surface area contributed by atoms with Gasteiger partial charge < -0.3 is 14.8 Å². The fraction of sp³-hybridized carbons (Fsp3) is 0.625. The van der Waals surface area contributed by atoms with Crippen molar-refractivity contribution in [3.8, 4) is 5.75 Å². The Bertz CT molecular complexity index is 430. The highest BCUT2D eigenvalue weighted by molar-refractivity contribution is 6.30. The minimum atomic E-state index is 0.0901. The van der Waals surface area contributed by atoms with E-state index >= 15 is 0 Å². The number of hydrogen-bond acceptors (Lipinski definition) is 3. The molecule has 20 heavy (non-hydrogen) atoms. The van der Waals surface area contributed by atoms with Gasteiger partial charge in [-0.3, -0.25) is 0 Å². The molecule has 1 aliphatic rings. The number of nitrogens with one attached hydrogen (secondary N) is 1. The summed E-state index contributed by atoms with van der Waals surface area (Å²) in [5.74, 6) is 1.41. The van der Waals surface area contributed by atoms with Crippen LogP contribution in [0.2, 0.25) is 5.02 Å². The Balaban J connectivity index is 2.05. The first-order valence-electron chi connectivity index (χ1n) is 7.31. The van der Waals surface area contributed by atoms with Crippen LogP contribution in [-0.4, -0.2) is 31.9 Å². The van der Waals surface area contributed by atoms with Crippen molar-refractivity contribution in [3.05, 3.63) is 28.8 Å². The first-order chi connectivity index (χ1) is 9.56. The molecule has 1 aliphatic heterocycles. The van der Waals surface area contributed by atoms with Crippen LogP contribution in [-0.2, 0) is 4.74 Å². The predicted molar refractivity (Wildman–Crippen MR) is 82.7 cm³/mol. The lowest BCUT2D eigenvalue weighted by atomic mass is 10.0. The maximum absolute atomic E-state index is 6.21. The molecule has 0 unspecified atom stereocenters. The third-order valence-electron chi connectivity index (χ3n) is 3.63. The maximum atomic E-state index is 6.21. The van der Waals surface area contributed by atoms with Gasteiger partial charge in [0.2, 0.25) is 0 Å². The van der Waals surface area contributed by atoms with Crippen LogP contribution in [0.15, 0.2) is 18.2 Å². The van der Waals surface area contributed by atoms with E-state index in [1.165, 1.54) is 0 Å². The topological polar surface area (TPSA) is 30.5 Å². The van der Waals surface area contributed by atoms with E-state index in [4.69, 9.17) is 21.1 Å². The molecule has 0 radical (unpaired) electrons. The second kappa shape index (κ2) is 7.30. The van der Waals surface area contributed by atoms with Gasteiger partial charge >= 0.3 is 0 Å². The summed E-state index contributed by atoms with van der Waals surface area (Å²) in [5, 5.41) is 4.14.